The number of fused-ring (bicyclic) bond motifs is 1. The number of hydrogen-bond acceptors (Lipinski definition) is 2. The Morgan fingerprint density at radius 2 is 1.95 bits per heavy atom. The zero-order valence-corrected chi connectivity index (χ0v) is 12.9. The Morgan fingerprint density at radius 1 is 1.20 bits per heavy atom. The molecule has 0 fully saturated rings. The number of rotatable bonds is 5. The van der Waals surface area contributed by atoms with Gasteiger partial charge < -0.3 is 0 Å². The van der Waals surface area contributed by atoms with Gasteiger partial charge in [-0.15, -0.1) is 0 Å². The maximum absolute atomic E-state index is 9.03. The third-order valence-corrected chi connectivity index (χ3v) is 4.26. The molecule has 0 amide bonds. The van der Waals surface area contributed by atoms with Crippen LogP contribution in [0.1, 0.15) is 50.7 Å². The lowest BCUT2D eigenvalue weighted by Crippen LogP contribution is -2.24. The summed E-state index contributed by atoms with van der Waals surface area (Å²) in [6.07, 6.45) is 5.84. The van der Waals surface area contributed by atoms with Crippen molar-refractivity contribution in [2.24, 2.45) is 5.41 Å². The van der Waals surface area contributed by atoms with Gasteiger partial charge in [0.2, 0.25) is 0 Å². The average molecular weight is 270 g/mol. The second kappa shape index (κ2) is 6.90. The van der Waals surface area contributed by atoms with Crippen LogP contribution in [0.5, 0.6) is 0 Å². The van der Waals surface area contributed by atoms with E-state index in [-0.39, 0.29) is 5.41 Å². The van der Waals surface area contributed by atoms with E-state index in [0.29, 0.717) is 0 Å². The minimum atomic E-state index is -0.161. The van der Waals surface area contributed by atoms with Crippen LogP contribution in [0.2, 0.25) is 0 Å². The molecule has 1 aromatic carbocycles. The molecule has 1 aliphatic heterocycles. The smallest absolute Gasteiger partial charge is 0.0683 e. The standard InChI is InChI=1S/C18H26N2/c1-18(2,15-19)11-5-6-12-20-13-7-10-16-8-3-4-9-17(16)14-20/h3-4,8-9H,5-7,10-14H2,1-2H3. The molecule has 108 valence electrons. The van der Waals surface area contributed by atoms with Gasteiger partial charge in [-0.1, -0.05) is 30.7 Å². The Hall–Kier alpha value is -1.33. The highest BCUT2D eigenvalue weighted by atomic mass is 15.1. The van der Waals surface area contributed by atoms with E-state index in [1.54, 1.807) is 0 Å². The highest BCUT2D eigenvalue weighted by Crippen LogP contribution is 2.23. The third kappa shape index (κ3) is 4.35. The molecule has 1 aromatic rings. The molecule has 2 heteroatoms. The van der Waals surface area contributed by atoms with Crippen molar-refractivity contribution < 1.29 is 0 Å². The molecule has 0 aliphatic carbocycles. The van der Waals surface area contributed by atoms with Crippen molar-refractivity contribution in [2.45, 2.75) is 52.5 Å². The van der Waals surface area contributed by atoms with Crippen molar-refractivity contribution in [1.29, 1.82) is 5.26 Å². The van der Waals surface area contributed by atoms with Crippen LogP contribution in [0.15, 0.2) is 24.3 Å². The van der Waals surface area contributed by atoms with Gasteiger partial charge in [-0.05, 0) is 63.7 Å². The van der Waals surface area contributed by atoms with E-state index in [0.717, 1.165) is 25.9 Å². The first-order valence-electron chi connectivity index (χ1n) is 7.81. The van der Waals surface area contributed by atoms with Gasteiger partial charge in [-0.3, -0.25) is 4.90 Å². The molecule has 2 nitrogen and oxygen atoms in total. The molecular weight excluding hydrogens is 244 g/mol. The molecular formula is C18H26N2. The van der Waals surface area contributed by atoms with E-state index >= 15 is 0 Å². The Bertz CT molecular complexity index is 471. The van der Waals surface area contributed by atoms with Gasteiger partial charge in [0.1, 0.15) is 0 Å². The molecule has 0 aromatic heterocycles. The average Bonchev–Trinajstić information content (AvgIpc) is 2.65. The van der Waals surface area contributed by atoms with Crippen LogP contribution in [-0.2, 0) is 13.0 Å². The summed E-state index contributed by atoms with van der Waals surface area (Å²) in [6.45, 7) is 7.54. The van der Waals surface area contributed by atoms with Crippen LogP contribution in [0.4, 0.5) is 0 Å². The van der Waals surface area contributed by atoms with Gasteiger partial charge in [-0.25, -0.2) is 0 Å². The fourth-order valence-electron chi connectivity index (χ4n) is 2.92. The molecule has 0 spiro atoms. The van der Waals surface area contributed by atoms with Crippen LogP contribution < -0.4 is 0 Å². The van der Waals surface area contributed by atoms with E-state index in [9.17, 15) is 0 Å². The fraction of sp³-hybridized carbons (Fsp3) is 0.611. The summed E-state index contributed by atoms with van der Waals surface area (Å²) in [5, 5.41) is 9.03. The normalized spacial score (nSPS) is 16.2. The lowest BCUT2D eigenvalue weighted by molar-refractivity contribution is 0.258. The van der Waals surface area contributed by atoms with E-state index in [1.807, 2.05) is 13.8 Å². The lowest BCUT2D eigenvalue weighted by Gasteiger charge is -2.21. The van der Waals surface area contributed by atoms with Crippen molar-refractivity contribution in [1.82, 2.24) is 4.90 Å². The van der Waals surface area contributed by atoms with Gasteiger partial charge in [0, 0.05) is 6.54 Å². The summed E-state index contributed by atoms with van der Waals surface area (Å²) in [5.41, 5.74) is 2.87. The molecule has 0 radical (unpaired) electrons. The van der Waals surface area contributed by atoms with Crippen molar-refractivity contribution in [3.05, 3.63) is 35.4 Å². The second-order valence-electron chi connectivity index (χ2n) is 6.60. The molecule has 2 rings (SSSR count). The number of nitrogens with zero attached hydrogens (tertiary/aromatic N) is 2. The SMILES string of the molecule is CC(C)(C#N)CCCCN1CCCc2ccccc2C1. The van der Waals surface area contributed by atoms with Crippen molar-refractivity contribution in [3.63, 3.8) is 0 Å². The van der Waals surface area contributed by atoms with Gasteiger partial charge in [0.15, 0.2) is 0 Å². The number of aryl methyl sites for hydroxylation is 1. The monoisotopic (exact) mass is 270 g/mol. The summed E-state index contributed by atoms with van der Waals surface area (Å²) in [7, 11) is 0. The Labute approximate surface area is 123 Å². The Kier molecular flexibility index (Phi) is 5.20. The minimum Gasteiger partial charge on any atom is -0.299 e. The van der Waals surface area contributed by atoms with Crippen LogP contribution in [0.3, 0.4) is 0 Å². The zero-order valence-electron chi connectivity index (χ0n) is 12.9. The zero-order chi connectivity index (χ0) is 14.4. The lowest BCUT2D eigenvalue weighted by atomic mass is 9.89. The largest absolute Gasteiger partial charge is 0.299 e. The predicted molar refractivity (Wildman–Crippen MR) is 83.3 cm³/mol. The van der Waals surface area contributed by atoms with E-state index in [1.165, 1.54) is 36.9 Å². The molecule has 0 unspecified atom stereocenters. The summed E-state index contributed by atoms with van der Waals surface area (Å²) in [4.78, 5) is 2.57. The van der Waals surface area contributed by atoms with Crippen LogP contribution in [0.25, 0.3) is 0 Å². The second-order valence-corrected chi connectivity index (χ2v) is 6.60. The summed E-state index contributed by atoms with van der Waals surface area (Å²) in [6, 6.07) is 11.2. The van der Waals surface area contributed by atoms with Gasteiger partial charge >= 0.3 is 0 Å². The van der Waals surface area contributed by atoms with Gasteiger partial charge in [-0.2, -0.15) is 5.26 Å². The Balaban J connectivity index is 1.79. The minimum absolute atomic E-state index is 0.161. The van der Waals surface area contributed by atoms with Crippen LogP contribution in [-0.4, -0.2) is 18.0 Å². The maximum Gasteiger partial charge on any atom is 0.0683 e. The number of hydrogen-bond donors (Lipinski definition) is 0. The van der Waals surface area contributed by atoms with Gasteiger partial charge in [0.25, 0.3) is 0 Å². The molecule has 0 atom stereocenters. The van der Waals surface area contributed by atoms with Gasteiger partial charge in [0.05, 0.1) is 11.5 Å². The van der Waals surface area contributed by atoms with E-state index in [4.69, 9.17) is 5.26 Å². The fourth-order valence-corrected chi connectivity index (χ4v) is 2.92. The van der Waals surface area contributed by atoms with Crippen molar-refractivity contribution >= 4 is 0 Å². The van der Waals surface area contributed by atoms with E-state index < -0.39 is 0 Å². The topological polar surface area (TPSA) is 27.0 Å². The molecule has 0 saturated heterocycles. The third-order valence-electron chi connectivity index (χ3n) is 4.26. The number of unbranched alkanes of at least 4 members (excludes halogenated alkanes) is 1. The first kappa shape index (κ1) is 15.1. The first-order valence-corrected chi connectivity index (χ1v) is 7.81. The molecule has 1 aliphatic rings. The number of benzene rings is 1. The summed E-state index contributed by atoms with van der Waals surface area (Å²) < 4.78 is 0. The van der Waals surface area contributed by atoms with E-state index in [2.05, 4.69) is 35.2 Å². The quantitative estimate of drug-likeness (QED) is 0.751. The molecule has 0 saturated carbocycles. The summed E-state index contributed by atoms with van der Waals surface area (Å²) in [5.74, 6) is 0. The molecule has 1 heterocycles. The summed E-state index contributed by atoms with van der Waals surface area (Å²) >= 11 is 0. The van der Waals surface area contributed by atoms with Crippen molar-refractivity contribution in [3.8, 4) is 6.07 Å². The Morgan fingerprint density at radius 3 is 2.70 bits per heavy atom. The highest BCUT2D eigenvalue weighted by Gasteiger charge is 2.17. The molecule has 0 bridgehead atoms. The predicted octanol–water partition coefficient (Wildman–Crippen LogP) is 4.15. The maximum atomic E-state index is 9.03. The molecule has 0 N–H and O–H groups in total. The number of nitriles is 1. The van der Waals surface area contributed by atoms with Crippen molar-refractivity contribution in [2.75, 3.05) is 13.1 Å². The van der Waals surface area contributed by atoms with Crippen LogP contribution in [0, 0.1) is 16.7 Å². The van der Waals surface area contributed by atoms with Crippen LogP contribution >= 0.6 is 0 Å². The highest BCUT2D eigenvalue weighted by molar-refractivity contribution is 5.27. The first-order chi connectivity index (χ1) is 9.61. The molecule has 20 heavy (non-hydrogen) atoms.